The first-order valence-electron chi connectivity index (χ1n) is 6.92. The fourth-order valence-corrected chi connectivity index (χ4v) is 2.16. The normalized spacial score (nSPS) is 12.0. The number of anilines is 1. The SMILES string of the molecule is COc1cc(NC(=O)CNC(C)Cn2cccn2)ccc1Cl. The summed E-state index contributed by atoms with van der Waals surface area (Å²) in [5.74, 6) is 0.399. The summed E-state index contributed by atoms with van der Waals surface area (Å²) in [7, 11) is 1.53. The summed E-state index contributed by atoms with van der Waals surface area (Å²) in [6.07, 6.45) is 3.62. The van der Waals surface area contributed by atoms with Gasteiger partial charge in [0, 0.05) is 30.2 Å². The van der Waals surface area contributed by atoms with E-state index in [0.29, 0.717) is 23.0 Å². The molecule has 0 aliphatic heterocycles. The monoisotopic (exact) mass is 322 g/mol. The molecule has 1 amide bonds. The lowest BCUT2D eigenvalue weighted by Gasteiger charge is -2.14. The molecule has 118 valence electrons. The highest BCUT2D eigenvalue weighted by atomic mass is 35.5. The number of hydrogen-bond donors (Lipinski definition) is 2. The molecule has 6 nitrogen and oxygen atoms in total. The van der Waals surface area contributed by atoms with E-state index in [9.17, 15) is 4.79 Å². The molecule has 0 saturated carbocycles. The average molecular weight is 323 g/mol. The quantitative estimate of drug-likeness (QED) is 0.819. The number of hydrogen-bond acceptors (Lipinski definition) is 4. The number of nitrogens with zero attached hydrogens (tertiary/aromatic N) is 2. The van der Waals surface area contributed by atoms with Crippen molar-refractivity contribution in [3.63, 3.8) is 0 Å². The number of methoxy groups -OCH3 is 1. The van der Waals surface area contributed by atoms with E-state index in [-0.39, 0.29) is 18.5 Å². The number of carbonyl (C=O) groups is 1. The van der Waals surface area contributed by atoms with Crippen molar-refractivity contribution in [2.24, 2.45) is 0 Å². The zero-order chi connectivity index (χ0) is 15.9. The number of nitrogens with one attached hydrogen (secondary N) is 2. The highest BCUT2D eigenvalue weighted by Crippen LogP contribution is 2.27. The van der Waals surface area contributed by atoms with Gasteiger partial charge in [-0.25, -0.2) is 0 Å². The Morgan fingerprint density at radius 3 is 3.00 bits per heavy atom. The lowest BCUT2D eigenvalue weighted by molar-refractivity contribution is -0.115. The molecule has 2 N–H and O–H groups in total. The molecule has 0 fully saturated rings. The lowest BCUT2D eigenvalue weighted by Crippen LogP contribution is -2.36. The van der Waals surface area contributed by atoms with Crippen LogP contribution >= 0.6 is 11.6 Å². The van der Waals surface area contributed by atoms with Crippen LogP contribution in [0.5, 0.6) is 5.75 Å². The second kappa shape index (κ2) is 7.82. The van der Waals surface area contributed by atoms with Crippen molar-refractivity contribution in [2.75, 3.05) is 19.0 Å². The fraction of sp³-hybridized carbons (Fsp3) is 0.333. The van der Waals surface area contributed by atoms with Gasteiger partial charge in [0.15, 0.2) is 0 Å². The first-order valence-corrected chi connectivity index (χ1v) is 7.30. The van der Waals surface area contributed by atoms with Crippen LogP contribution in [0.1, 0.15) is 6.92 Å². The smallest absolute Gasteiger partial charge is 0.238 e. The molecule has 2 aromatic rings. The van der Waals surface area contributed by atoms with E-state index >= 15 is 0 Å². The zero-order valence-electron chi connectivity index (χ0n) is 12.5. The molecule has 1 aromatic carbocycles. The van der Waals surface area contributed by atoms with Gasteiger partial charge in [0.05, 0.1) is 25.2 Å². The van der Waals surface area contributed by atoms with Crippen LogP contribution < -0.4 is 15.4 Å². The molecule has 7 heteroatoms. The Labute approximate surface area is 134 Å². The van der Waals surface area contributed by atoms with Crippen LogP contribution in [-0.2, 0) is 11.3 Å². The molecule has 0 aliphatic carbocycles. The number of amides is 1. The van der Waals surface area contributed by atoms with Gasteiger partial charge in [0.2, 0.25) is 5.91 Å². The van der Waals surface area contributed by atoms with Gasteiger partial charge in [-0.05, 0) is 25.1 Å². The average Bonchev–Trinajstić information content (AvgIpc) is 3.00. The number of ether oxygens (including phenoxy) is 1. The van der Waals surface area contributed by atoms with Crippen molar-refractivity contribution in [1.82, 2.24) is 15.1 Å². The minimum atomic E-state index is -0.128. The Balaban J connectivity index is 1.80. The molecule has 0 saturated heterocycles. The van der Waals surface area contributed by atoms with Crippen molar-refractivity contribution in [3.8, 4) is 5.75 Å². The Morgan fingerprint density at radius 1 is 1.50 bits per heavy atom. The second-order valence-electron chi connectivity index (χ2n) is 4.91. The molecule has 2 rings (SSSR count). The van der Waals surface area contributed by atoms with Crippen LogP contribution in [0.3, 0.4) is 0 Å². The minimum absolute atomic E-state index is 0.128. The Hall–Kier alpha value is -2.05. The number of aromatic nitrogens is 2. The molecule has 22 heavy (non-hydrogen) atoms. The van der Waals surface area contributed by atoms with Crippen LogP contribution in [0.2, 0.25) is 5.02 Å². The maximum absolute atomic E-state index is 11.9. The predicted octanol–water partition coefficient (Wildman–Crippen LogP) is 2.16. The van der Waals surface area contributed by atoms with Crippen molar-refractivity contribution >= 4 is 23.2 Å². The van der Waals surface area contributed by atoms with Gasteiger partial charge in [-0.3, -0.25) is 9.48 Å². The lowest BCUT2D eigenvalue weighted by atomic mass is 10.3. The van der Waals surface area contributed by atoms with Crippen LogP contribution in [0.25, 0.3) is 0 Å². The third kappa shape index (κ3) is 4.75. The van der Waals surface area contributed by atoms with E-state index in [1.807, 2.05) is 23.9 Å². The maximum atomic E-state index is 11.9. The number of halogens is 1. The highest BCUT2D eigenvalue weighted by molar-refractivity contribution is 6.32. The number of carbonyl (C=O) groups excluding carboxylic acids is 1. The highest BCUT2D eigenvalue weighted by Gasteiger charge is 2.08. The fourth-order valence-electron chi connectivity index (χ4n) is 1.96. The van der Waals surface area contributed by atoms with E-state index in [0.717, 1.165) is 0 Å². The van der Waals surface area contributed by atoms with E-state index in [1.54, 1.807) is 24.4 Å². The van der Waals surface area contributed by atoms with Gasteiger partial charge in [0.25, 0.3) is 0 Å². The summed E-state index contributed by atoms with van der Waals surface area (Å²) >= 11 is 5.94. The molecule has 1 unspecified atom stereocenters. The molecule has 0 radical (unpaired) electrons. The van der Waals surface area contributed by atoms with Crippen LogP contribution in [0.15, 0.2) is 36.7 Å². The second-order valence-corrected chi connectivity index (χ2v) is 5.31. The summed E-state index contributed by atoms with van der Waals surface area (Å²) in [6.45, 7) is 2.92. The standard InChI is InChI=1S/C15H19ClN4O2/c1-11(10-20-7-3-6-18-20)17-9-15(21)19-12-4-5-13(16)14(8-12)22-2/h3-8,11,17H,9-10H2,1-2H3,(H,19,21). The van der Waals surface area contributed by atoms with Gasteiger partial charge < -0.3 is 15.4 Å². The third-order valence-corrected chi connectivity index (χ3v) is 3.38. The molecular weight excluding hydrogens is 304 g/mol. The van der Waals surface area contributed by atoms with Gasteiger partial charge in [0.1, 0.15) is 5.75 Å². The minimum Gasteiger partial charge on any atom is -0.495 e. The van der Waals surface area contributed by atoms with E-state index in [2.05, 4.69) is 15.7 Å². The Kier molecular flexibility index (Phi) is 5.80. The summed E-state index contributed by atoms with van der Waals surface area (Å²) in [6, 6.07) is 7.10. The topological polar surface area (TPSA) is 68.2 Å². The van der Waals surface area contributed by atoms with Crippen molar-refractivity contribution in [2.45, 2.75) is 19.5 Å². The first kappa shape index (κ1) is 16.3. The van der Waals surface area contributed by atoms with Crippen LogP contribution in [0, 0.1) is 0 Å². The predicted molar refractivity (Wildman–Crippen MR) is 86.3 cm³/mol. The van der Waals surface area contributed by atoms with Crippen molar-refractivity contribution < 1.29 is 9.53 Å². The zero-order valence-corrected chi connectivity index (χ0v) is 13.3. The molecule has 1 atom stereocenters. The molecular formula is C15H19ClN4O2. The summed E-state index contributed by atoms with van der Waals surface area (Å²) < 4.78 is 6.93. The largest absolute Gasteiger partial charge is 0.495 e. The molecule has 1 aromatic heterocycles. The summed E-state index contributed by atoms with van der Waals surface area (Å²) in [4.78, 5) is 11.9. The summed E-state index contributed by atoms with van der Waals surface area (Å²) in [5, 5.41) is 10.6. The van der Waals surface area contributed by atoms with Crippen molar-refractivity contribution in [3.05, 3.63) is 41.7 Å². The third-order valence-electron chi connectivity index (χ3n) is 3.07. The van der Waals surface area contributed by atoms with Gasteiger partial charge in [-0.1, -0.05) is 11.6 Å². The van der Waals surface area contributed by atoms with E-state index < -0.39 is 0 Å². The van der Waals surface area contributed by atoms with Gasteiger partial charge in [-0.15, -0.1) is 0 Å². The van der Waals surface area contributed by atoms with Gasteiger partial charge in [-0.2, -0.15) is 5.10 Å². The van der Waals surface area contributed by atoms with E-state index in [4.69, 9.17) is 16.3 Å². The van der Waals surface area contributed by atoms with Crippen LogP contribution in [-0.4, -0.2) is 35.4 Å². The van der Waals surface area contributed by atoms with E-state index in [1.165, 1.54) is 7.11 Å². The molecule has 0 spiro atoms. The Morgan fingerprint density at radius 2 is 2.32 bits per heavy atom. The van der Waals surface area contributed by atoms with Crippen LogP contribution in [0.4, 0.5) is 5.69 Å². The van der Waals surface area contributed by atoms with Gasteiger partial charge >= 0.3 is 0 Å². The number of benzene rings is 1. The molecule has 0 aliphatic rings. The number of rotatable bonds is 7. The van der Waals surface area contributed by atoms with Crippen molar-refractivity contribution in [1.29, 1.82) is 0 Å². The Bertz CT molecular complexity index is 616. The molecule has 1 heterocycles. The summed E-state index contributed by atoms with van der Waals surface area (Å²) in [5.41, 5.74) is 0.646. The molecule has 0 bridgehead atoms. The maximum Gasteiger partial charge on any atom is 0.238 e. The first-order chi connectivity index (χ1) is 10.6.